The third kappa shape index (κ3) is 8.30. The number of carbonyl (C=O) groups excluding carboxylic acids is 1. The first kappa shape index (κ1) is 14.3. The van der Waals surface area contributed by atoms with E-state index in [2.05, 4.69) is 4.98 Å². The number of carboxylic acids is 2. The fraction of sp³-hybridized carbons (Fsp3) is 0. The molecule has 7 nitrogen and oxygen atoms in total. The summed E-state index contributed by atoms with van der Waals surface area (Å²) in [6.07, 6.45) is 4.14. The van der Waals surface area contributed by atoms with E-state index in [1.54, 1.807) is 18.3 Å². The molecule has 0 bridgehead atoms. The number of aromatic nitrogens is 1. The quantitative estimate of drug-likeness (QED) is 0.630. The van der Waals surface area contributed by atoms with Crippen LogP contribution in [0.1, 0.15) is 10.4 Å². The van der Waals surface area contributed by atoms with Gasteiger partial charge in [-0.15, -0.1) is 0 Å². The van der Waals surface area contributed by atoms with Crippen LogP contribution in [0.3, 0.4) is 0 Å². The molecule has 0 aliphatic carbocycles. The van der Waals surface area contributed by atoms with Gasteiger partial charge in [-0.25, -0.2) is 9.59 Å². The van der Waals surface area contributed by atoms with Crippen molar-refractivity contribution in [2.24, 2.45) is 5.73 Å². The summed E-state index contributed by atoms with van der Waals surface area (Å²) in [5.74, 6) is -2.96. The third-order valence-corrected chi connectivity index (χ3v) is 1.31. The molecule has 90 valence electrons. The van der Waals surface area contributed by atoms with Crippen molar-refractivity contribution in [2.75, 3.05) is 0 Å². The molecule has 0 saturated heterocycles. The van der Waals surface area contributed by atoms with E-state index in [1.165, 1.54) is 6.20 Å². The molecule has 0 radical (unpaired) electrons. The lowest BCUT2D eigenvalue weighted by molar-refractivity contribution is -0.134. The Morgan fingerprint density at radius 2 is 1.71 bits per heavy atom. The molecule has 1 rings (SSSR count). The van der Waals surface area contributed by atoms with E-state index in [9.17, 15) is 14.4 Å². The molecular weight excluding hydrogens is 228 g/mol. The summed E-state index contributed by atoms with van der Waals surface area (Å²) in [4.78, 5) is 33.2. The predicted octanol–water partition coefficient (Wildman–Crippen LogP) is -0.108. The predicted molar refractivity (Wildman–Crippen MR) is 57.2 cm³/mol. The summed E-state index contributed by atoms with van der Waals surface area (Å²) in [6, 6.07) is 3.29. The number of hydrogen-bond acceptors (Lipinski definition) is 4. The summed E-state index contributed by atoms with van der Waals surface area (Å²) in [6.45, 7) is 0. The Bertz CT molecular complexity index is 412. The maximum Gasteiger partial charge on any atom is 0.328 e. The fourth-order valence-electron chi connectivity index (χ4n) is 0.651. The number of rotatable bonds is 3. The van der Waals surface area contributed by atoms with Crippen molar-refractivity contribution >= 4 is 17.8 Å². The van der Waals surface area contributed by atoms with Crippen molar-refractivity contribution < 1.29 is 24.6 Å². The van der Waals surface area contributed by atoms with Gasteiger partial charge in [0, 0.05) is 24.5 Å². The van der Waals surface area contributed by atoms with Gasteiger partial charge in [0.2, 0.25) is 5.91 Å². The summed E-state index contributed by atoms with van der Waals surface area (Å²) < 4.78 is 0. The lowest BCUT2D eigenvalue weighted by Crippen LogP contribution is -2.10. The number of carbonyl (C=O) groups is 3. The van der Waals surface area contributed by atoms with E-state index in [0.717, 1.165) is 0 Å². The Labute approximate surface area is 96.2 Å². The number of primary amides is 1. The average Bonchev–Trinajstić information content (AvgIpc) is 2.28. The maximum absolute atomic E-state index is 10.4. The monoisotopic (exact) mass is 238 g/mol. The highest BCUT2D eigenvalue weighted by Gasteiger charge is 1.94. The fourth-order valence-corrected chi connectivity index (χ4v) is 0.651. The Balaban J connectivity index is 0.000000304. The first-order chi connectivity index (χ1) is 7.93. The lowest BCUT2D eigenvalue weighted by Gasteiger charge is -1.88. The zero-order chi connectivity index (χ0) is 13.3. The molecule has 1 aromatic rings. The highest BCUT2D eigenvalue weighted by molar-refractivity contribution is 5.92. The van der Waals surface area contributed by atoms with Crippen LogP contribution in [0.25, 0.3) is 0 Å². The first-order valence-corrected chi connectivity index (χ1v) is 4.27. The largest absolute Gasteiger partial charge is 0.478 e. The topological polar surface area (TPSA) is 131 Å². The molecule has 0 aliphatic rings. The van der Waals surface area contributed by atoms with Crippen LogP contribution < -0.4 is 5.73 Å². The molecule has 0 fully saturated rings. The van der Waals surface area contributed by atoms with Crippen LogP contribution in [0, 0.1) is 0 Å². The molecule has 0 atom stereocenters. The second-order valence-electron chi connectivity index (χ2n) is 2.62. The highest BCUT2D eigenvalue weighted by atomic mass is 16.4. The number of hydrogen-bond donors (Lipinski definition) is 3. The Kier molecular flexibility index (Phi) is 6.37. The SMILES string of the molecule is NC(=O)c1cccnc1.O=C(O)/C=C\C(=O)O. The van der Waals surface area contributed by atoms with Gasteiger partial charge in [0.15, 0.2) is 0 Å². The minimum atomic E-state index is -1.26. The Morgan fingerprint density at radius 1 is 1.18 bits per heavy atom. The van der Waals surface area contributed by atoms with Gasteiger partial charge in [-0.1, -0.05) is 0 Å². The third-order valence-electron chi connectivity index (χ3n) is 1.31. The average molecular weight is 238 g/mol. The van der Waals surface area contributed by atoms with Gasteiger partial charge >= 0.3 is 11.9 Å². The number of aliphatic carboxylic acids is 2. The van der Waals surface area contributed by atoms with Crippen LogP contribution >= 0.6 is 0 Å². The molecular formula is C10H10N2O5. The normalized spacial score (nSPS) is 9.18. The summed E-state index contributed by atoms with van der Waals surface area (Å²) in [5.41, 5.74) is 5.38. The molecule has 1 amide bonds. The van der Waals surface area contributed by atoms with Crippen molar-refractivity contribution in [3.8, 4) is 0 Å². The number of nitrogens with zero attached hydrogens (tertiary/aromatic N) is 1. The van der Waals surface area contributed by atoms with E-state index >= 15 is 0 Å². The van der Waals surface area contributed by atoms with Gasteiger partial charge in [-0.3, -0.25) is 9.78 Å². The maximum atomic E-state index is 10.4. The van der Waals surface area contributed by atoms with Crippen LogP contribution in [0.15, 0.2) is 36.7 Å². The minimum Gasteiger partial charge on any atom is -0.478 e. The van der Waals surface area contributed by atoms with Gasteiger partial charge in [-0.2, -0.15) is 0 Å². The molecule has 0 aromatic carbocycles. The van der Waals surface area contributed by atoms with Crippen LogP contribution in [0.5, 0.6) is 0 Å². The van der Waals surface area contributed by atoms with Gasteiger partial charge in [-0.05, 0) is 12.1 Å². The van der Waals surface area contributed by atoms with E-state index in [0.29, 0.717) is 17.7 Å². The molecule has 0 saturated carbocycles. The second kappa shape index (κ2) is 7.57. The van der Waals surface area contributed by atoms with Crippen molar-refractivity contribution in [3.63, 3.8) is 0 Å². The number of carboxylic acid groups (broad SMARTS) is 2. The molecule has 7 heteroatoms. The first-order valence-electron chi connectivity index (χ1n) is 4.27. The number of pyridine rings is 1. The summed E-state index contributed by atoms with van der Waals surface area (Å²) in [5, 5.41) is 15.6. The molecule has 0 aliphatic heterocycles. The molecule has 0 spiro atoms. The molecule has 1 heterocycles. The van der Waals surface area contributed by atoms with Crippen molar-refractivity contribution in [1.82, 2.24) is 4.98 Å². The van der Waals surface area contributed by atoms with Gasteiger partial charge < -0.3 is 15.9 Å². The summed E-state index contributed by atoms with van der Waals surface area (Å²) >= 11 is 0. The Morgan fingerprint density at radius 3 is 1.94 bits per heavy atom. The van der Waals surface area contributed by atoms with Crippen LogP contribution in [0.2, 0.25) is 0 Å². The zero-order valence-electron chi connectivity index (χ0n) is 8.61. The van der Waals surface area contributed by atoms with Gasteiger partial charge in [0.05, 0.1) is 5.56 Å². The minimum absolute atomic E-state index is 0.442. The van der Waals surface area contributed by atoms with E-state index in [4.69, 9.17) is 15.9 Å². The number of nitrogens with two attached hydrogens (primary N) is 1. The molecule has 17 heavy (non-hydrogen) atoms. The summed E-state index contributed by atoms with van der Waals surface area (Å²) in [7, 11) is 0. The molecule has 4 N–H and O–H groups in total. The standard InChI is InChI=1S/C6H6N2O.C4H4O4/c7-6(9)5-2-1-3-8-4-5;5-3(6)1-2-4(7)8/h1-4H,(H2,7,9);1-2H,(H,5,6)(H,7,8)/b;2-1-. The smallest absolute Gasteiger partial charge is 0.328 e. The zero-order valence-corrected chi connectivity index (χ0v) is 8.61. The second-order valence-corrected chi connectivity index (χ2v) is 2.62. The molecule has 0 unspecified atom stereocenters. The van der Waals surface area contributed by atoms with Gasteiger partial charge in [0.1, 0.15) is 0 Å². The van der Waals surface area contributed by atoms with Crippen molar-refractivity contribution in [3.05, 3.63) is 42.2 Å². The number of amides is 1. The molecule has 1 aromatic heterocycles. The van der Waals surface area contributed by atoms with Gasteiger partial charge in [0.25, 0.3) is 0 Å². The van der Waals surface area contributed by atoms with E-state index in [-0.39, 0.29) is 0 Å². The van der Waals surface area contributed by atoms with E-state index < -0.39 is 17.8 Å². The van der Waals surface area contributed by atoms with Crippen molar-refractivity contribution in [1.29, 1.82) is 0 Å². The van der Waals surface area contributed by atoms with Crippen LogP contribution in [-0.4, -0.2) is 33.0 Å². The van der Waals surface area contributed by atoms with Crippen LogP contribution in [-0.2, 0) is 9.59 Å². The van der Waals surface area contributed by atoms with Crippen LogP contribution in [0.4, 0.5) is 0 Å². The highest BCUT2D eigenvalue weighted by Crippen LogP contribution is 1.91. The Hall–Kier alpha value is -2.70. The van der Waals surface area contributed by atoms with Crippen molar-refractivity contribution in [2.45, 2.75) is 0 Å². The lowest BCUT2D eigenvalue weighted by atomic mass is 10.3. The van der Waals surface area contributed by atoms with E-state index in [1.807, 2.05) is 0 Å².